The Kier molecular flexibility index (Phi) is 7.00. The fraction of sp³-hybridized carbons (Fsp3) is 0.562. The van der Waals surface area contributed by atoms with E-state index in [-0.39, 0.29) is 6.61 Å². The van der Waals surface area contributed by atoms with Crippen LogP contribution in [-0.4, -0.2) is 30.9 Å². The van der Waals surface area contributed by atoms with Gasteiger partial charge in [0.2, 0.25) is 0 Å². The lowest BCUT2D eigenvalue weighted by Crippen LogP contribution is -2.42. The molecule has 1 aromatic carbocycles. The molecule has 0 radical (unpaired) electrons. The Morgan fingerprint density at radius 3 is 2.71 bits per heavy atom. The quantitative estimate of drug-likeness (QED) is 0.730. The van der Waals surface area contributed by atoms with E-state index >= 15 is 0 Å². The molecule has 1 rings (SSSR count). The van der Waals surface area contributed by atoms with Crippen LogP contribution in [0.5, 0.6) is 11.5 Å². The fourth-order valence-electron chi connectivity index (χ4n) is 1.88. The number of rotatable bonds is 9. The molecule has 0 amide bonds. The smallest absolute Gasteiger partial charge is 0.161 e. The molecule has 5 nitrogen and oxygen atoms in total. The van der Waals surface area contributed by atoms with Gasteiger partial charge in [0, 0.05) is 6.42 Å². The largest absolute Gasteiger partial charge is 0.493 e. The standard InChI is InChI=1S/C16H24N2O3/c1-4-8-18-16(2,12-17)7-9-21-14-6-5-13(11-19)10-15(14)20-3/h5-6,10,18-19H,4,7-9,11H2,1-3H3. The lowest BCUT2D eigenvalue weighted by molar-refractivity contribution is 0.254. The summed E-state index contributed by atoms with van der Waals surface area (Å²) in [4.78, 5) is 0. The fourth-order valence-corrected chi connectivity index (χ4v) is 1.88. The molecule has 0 aliphatic rings. The zero-order valence-corrected chi connectivity index (χ0v) is 13.0. The van der Waals surface area contributed by atoms with E-state index in [1.807, 2.05) is 6.92 Å². The molecule has 1 unspecified atom stereocenters. The first-order valence-electron chi connectivity index (χ1n) is 7.15. The second kappa shape index (κ2) is 8.50. The van der Waals surface area contributed by atoms with Crippen molar-refractivity contribution in [2.24, 2.45) is 0 Å². The van der Waals surface area contributed by atoms with Crippen molar-refractivity contribution in [3.63, 3.8) is 0 Å². The van der Waals surface area contributed by atoms with Gasteiger partial charge in [-0.3, -0.25) is 5.32 Å². The molecule has 0 fully saturated rings. The molecule has 0 saturated carbocycles. The van der Waals surface area contributed by atoms with Gasteiger partial charge in [0.1, 0.15) is 5.54 Å². The van der Waals surface area contributed by atoms with Crippen molar-refractivity contribution < 1.29 is 14.6 Å². The molecule has 21 heavy (non-hydrogen) atoms. The number of nitriles is 1. The molecule has 0 aliphatic heterocycles. The first kappa shape index (κ1) is 17.3. The van der Waals surface area contributed by atoms with Crippen molar-refractivity contribution in [1.29, 1.82) is 5.26 Å². The van der Waals surface area contributed by atoms with Gasteiger partial charge in [0.15, 0.2) is 11.5 Å². The van der Waals surface area contributed by atoms with Crippen molar-refractivity contribution in [3.8, 4) is 17.6 Å². The van der Waals surface area contributed by atoms with Crippen molar-refractivity contribution in [2.75, 3.05) is 20.3 Å². The molecule has 5 heteroatoms. The van der Waals surface area contributed by atoms with Crippen molar-refractivity contribution >= 4 is 0 Å². The lowest BCUT2D eigenvalue weighted by Gasteiger charge is -2.23. The van der Waals surface area contributed by atoms with Gasteiger partial charge in [-0.05, 0) is 37.6 Å². The zero-order valence-electron chi connectivity index (χ0n) is 13.0. The summed E-state index contributed by atoms with van der Waals surface area (Å²) in [7, 11) is 1.56. The monoisotopic (exact) mass is 292 g/mol. The normalized spacial score (nSPS) is 13.3. The number of hydrogen-bond donors (Lipinski definition) is 2. The predicted molar refractivity (Wildman–Crippen MR) is 81.3 cm³/mol. The number of nitrogens with zero attached hydrogens (tertiary/aromatic N) is 1. The summed E-state index contributed by atoms with van der Waals surface area (Å²) < 4.78 is 11.0. The average Bonchev–Trinajstić information content (AvgIpc) is 2.53. The van der Waals surface area contributed by atoms with Crippen molar-refractivity contribution in [2.45, 2.75) is 38.8 Å². The van der Waals surface area contributed by atoms with Crippen LogP contribution in [0.15, 0.2) is 18.2 Å². The molecule has 116 valence electrons. The first-order chi connectivity index (χ1) is 10.1. The topological polar surface area (TPSA) is 74.5 Å². The van der Waals surface area contributed by atoms with E-state index in [2.05, 4.69) is 18.3 Å². The number of ether oxygens (including phenoxy) is 2. The summed E-state index contributed by atoms with van der Waals surface area (Å²) in [5.41, 5.74) is 0.180. The first-order valence-corrected chi connectivity index (χ1v) is 7.15. The van der Waals surface area contributed by atoms with E-state index in [1.165, 1.54) is 0 Å². The summed E-state index contributed by atoms with van der Waals surface area (Å²) in [6, 6.07) is 7.59. The van der Waals surface area contributed by atoms with E-state index in [4.69, 9.17) is 14.6 Å². The minimum absolute atomic E-state index is 0.0376. The van der Waals surface area contributed by atoms with Crippen LogP contribution in [0.1, 0.15) is 32.3 Å². The second-order valence-corrected chi connectivity index (χ2v) is 5.11. The number of nitrogens with one attached hydrogen (secondary N) is 1. The maximum atomic E-state index is 9.26. The zero-order chi connectivity index (χ0) is 15.7. The van der Waals surface area contributed by atoms with Gasteiger partial charge >= 0.3 is 0 Å². The Balaban J connectivity index is 2.61. The minimum Gasteiger partial charge on any atom is -0.493 e. The van der Waals surface area contributed by atoms with Gasteiger partial charge in [-0.1, -0.05) is 13.0 Å². The van der Waals surface area contributed by atoms with Gasteiger partial charge in [0.25, 0.3) is 0 Å². The number of aliphatic hydroxyl groups is 1. The van der Waals surface area contributed by atoms with Crippen LogP contribution in [0.2, 0.25) is 0 Å². The molecule has 0 heterocycles. The lowest BCUT2D eigenvalue weighted by atomic mass is 10.0. The SMILES string of the molecule is CCCNC(C)(C#N)CCOc1ccc(CO)cc1OC. The van der Waals surface area contributed by atoms with Crippen LogP contribution in [0.25, 0.3) is 0 Å². The van der Waals surface area contributed by atoms with Crippen LogP contribution in [-0.2, 0) is 6.61 Å². The van der Waals surface area contributed by atoms with Gasteiger partial charge in [-0.25, -0.2) is 0 Å². The van der Waals surface area contributed by atoms with E-state index in [9.17, 15) is 5.26 Å². The van der Waals surface area contributed by atoms with Gasteiger partial charge < -0.3 is 14.6 Å². The minimum atomic E-state index is -0.589. The maximum absolute atomic E-state index is 9.26. The summed E-state index contributed by atoms with van der Waals surface area (Å²) >= 11 is 0. The Labute approximate surface area is 126 Å². The third-order valence-electron chi connectivity index (χ3n) is 3.28. The highest BCUT2D eigenvalue weighted by Crippen LogP contribution is 2.28. The van der Waals surface area contributed by atoms with Gasteiger partial charge in [-0.15, -0.1) is 0 Å². The highest BCUT2D eigenvalue weighted by molar-refractivity contribution is 5.42. The maximum Gasteiger partial charge on any atom is 0.161 e. The predicted octanol–water partition coefficient (Wildman–Crippen LogP) is 2.24. The molecule has 0 bridgehead atoms. The average molecular weight is 292 g/mol. The van der Waals surface area contributed by atoms with Crippen molar-refractivity contribution in [3.05, 3.63) is 23.8 Å². The molecule has 2 N–H and O–H groups in total. The molecule has 1 aromatic rings. The summed E-state index contributed by atoms with van der Waals surface area (Å²) in [6.45, 7) is 5.12. The van der Waals surface area contributed by atoms with Crippen LogP contribution < -0.4 is 14.8 Å². The molecule has 1 atom stereocenters. The van der Waals surface area contributed by atoms with E-state index in [0.717, 1.165) is 18.5 Å². The molecular weight excluding hydrogens is 268 g/mol. The third kappa shape index (κ3) is 5.25. The third-order valence-corrected chi connectivity index (χ3v) is 3.28. The number of benzene rings is 1. The Hall–Kier alpha value is -1.77. The number of aliphatic hydroxyl groups excluding tert-OH is 1. The Morgan fingerprint density at radius 2 is 2.14 bits per heavy atom. The van der Waals surface area contributed by atoms with E-state index < -0.39 is 5.54 Å². The summed E-state index contributed by atoms with van der Waals surface area (Å²) in [5.74, 6) is 1.20. The summed E-state index contributed by atoms with van der Waals surface area (Å²) in [5, 5.41) is 21.6. The second-order valence-electron chi connectivity index (χ2n) is 5.11. The van der Waals surface area contributed by atoms with Gasteiger partial charge in [0.05, 0.1) is 26.4 Å². The van der Waals surface area contributed by atoms with E-state index in [0.29, 0.717) is 24.5 Å². The van der Waals surface area contributed by atoms with E-state index in [1.54, 1.807) is 25.3 Å². The number of methoxy groups -OCH3 is 1. The van der Waals surface area contributed by atoms with Crippen LogP contribution in [0.4, 0.5) is 0 Å². The van der Waals surface area contributed by atoms with Crippen LogP contribution >= 0.6 is 0 Å². The van der Waals surface area contributed by atoms with Gasteiger partial charge in [-0.2, -0.15) is 5.26 Å². The molecule has 0 aliphatic carbocycles. The molecule has 0 saturated heterocycles. The summed E-state index contributed by atoms with van der Waals surface area (Å²) in [6.07, 6.45) is 1.56. The molecular formula is C16H24N2O3. The highest BCUT2D eigenvalue weighted by Gasteiger charge is 2.22. The molecule has 0 aromatic heterocycles. The molecule has 0 spiro atoms. The van der Waals surface area contributed by atoms with Crippen molar-refractivity contribution in [1.82, 2.24) is 5.32 Å². The van der Waals surface area contributed by atoms with Crippen LogP contribution in [0.3, 0.4) is 0 Å². The van der Waals surface area contributed by atoms with Crippen LogP contribution in [0, 0.1) is 11.3 Å². The number of hydrogen-bond acceptors (Lipinski definition) is 5. The Bertz CT molecular complexity index is 485. The Morgan fingerprint density at radius 1 is 1.38 bits per heavy atom. The highest BCUT2D eigenvalue weighted by atomic mass is 16.5.